The van der Waals surface area contributed by atoms with E-state index in [0.29, 0.717) is 0 Å². The van der Waals surface area contributed by atoms with E-state index < -0.39 is 0 Å². The summed E-state index contributed by atoms with van der Waals surface area (Å²) in [7, 11) is 1.95. The predicted octanol–water partition coefficient (Wildman–Crippen LogP) is 1.58. The van der Waals surface area contributed by atoms with Crippen LogP contribution in [0, 0.1) is 0 Å². The molecule has 0 amide bonds. The Hall–Kier alpha value is -1.66. The summed E-state index contributed by atoms with van der Waals surface area (Å²) in [6, 6.07) is 6.24. The molecule has 2 aromatic rings. The van der Waals surface area contributed by atoms with Gasteiger partial charge in [-0.05, 0) is 19.2 Å². The van der Waals surface area contributed by atoms with Crippen molar-refractivity contribution in [1.82, 2.24) is 15.3 Å². The number of nitrogens with zero attached hydrogens (tertiary/aromatic N) is 4. The average molecular weight is 289 g/mol. The molecule has 3 rings (SSSR count). The second-order valence-corrected chi connectivity index (χ2v) is 5.68. The lowest BCUT2D eigenvalue weighted by molar-refractivity contribution is 0.643. The molecule has 1 aliphatic heterocycles. The van der Waals surface area contributed by atoms with E-state index in [9.17, 15) is 0 Å². The van der Waals surface area contributed by atoms with E-state index in [1.165, 1.54) is 0 Å². The Balaban J connectivity index is 1.64. The van der Waals surface area contributed by atoms with Crippen LogP contribution >= 0.6 is 11.3 Å². The number of aromatic nitrogens is 2. The molecule has 0 bridgehead atoms. The molecule has 1 fully saturated rings. The second kappa shape index (κ2) is 6.19. The van der Waals surface area contributed by atoms with Crippen LogP contribution in [0.2, 0.25) is 0 Å². The molecule has 6 heteroatoms. The van der Waals surface area contributed by atoms with E-state index in [0.717, 1.165) is 49.4 Å². The SMILES string of the molecule is CNCc1cccc(N2CCN(c3nccs3)CC2)n1. The van der Waals surface area contributed by atoms with Crippen molar-refractivity contribution < 1.29 is 0 Å². The first-order valence-electron chi connectivity index (χ1n) is 6.87. The molecule has 1 N–H and O–H groups in total. The lowest BCUT2D eigenvalue weighted by Gasteiger charge is -2.35. The van der Waals surface area contributed by atoms with Crippen LogP contribution in [0.1, 0.15) is 5.69 Å². The standard InChI is InChI=1S/C14H19N5S/c1-15-11-12-3-2-4-13(17-12)18-6-8-19(9-7-18)14-16-5-10-20-14/h2-5,10,15H,6-9,11H2,1H3. The zero-order valence-electron chi connectivity index (χ0n) is 11.6. The maximum absolute atomic E-state index is 4.71. The third-order valence-electron chi connectivity index (χ3n) is 3.44. The van der Waals surface area contributed by atoms with Crippen LogP contribution in [-0.4, -0.2) is 43.2 Å². The molecule has 106 valence electrons. The molecule has 0 spiro atoms. The quantitative estimate of drug-likeness (QED) is 0.926. The van der Waals surface area contributed by atoms with Crippen molar-refractivity contribution in [3.8, 4) is 0 Å². The van der Waals surface area contributed by atoms with Gasteiger partial charge in [0.1, 0.15) is 5.82 Å². The van der Waals surface area contributed by atoms with Crippen molar-refractivity contribution >= 4 is 22.3 Å². The number of piperazine rings is 1. The summed E-state index contributed by atoms with van der Waals surface area (Å²) >= 11 is 1.71. The van der Waals surface area contributed by atoms with Crippen LogP contribution in [0.15, 0.2) is 29.8 Å². The molecule has 0 unspecified atom stereocenters. The zero-order chi connectivity index (χ0) is 13.8. The number of rotatable bonds is 4. The van der Waals surface area contributed by atoms with Gasteiger partial charge in [0, 0.05) is 44.3 Å². The van der Waals surface area contributed by atoms with Crippen molar-refractivity contribution in [2.75, 3.05) is 43.0 Å². The Morgan fingerprint density at radius 2 is 2.00 bits per heavy atom. The highest BCUT2D eigenvalue weighted by atomic mass is 32.1. The molecule has 5 nitrogen and oxygen atoms in total. The van der Waals surface area contributed by atoms with E-state index >= 15 is 0 Å². The largest absolute Gasteiger partial charge is 0.353 e. The van der Waals surface area contributed by atoms with E-state index in [4.69, 9.17) is 4.98 Å². The molecule has 0 saturated carbocycles. The van der Waals surface area contributed by atoms with E-state index in [2.05, 4.69) is 38.3 Å². The third-order valence-corrected chi connectivity index (χ3v) is 4.28. The number of thiazole rings is 1. The molecule has 0 aliphatic carbocycles. The van der Waals surface area contributed by atoms with Gasteiger partial charge in [-0.25, -0.2) is 9.97 Å². The first-order chi connectivity index (χ1) is 9.86. The summed E-state index contributed by atoms with van der Waals surface area (Å²) in [4.78, 5) is 13.8. The Bertz CT molecular complexity index is 534. The summed E-state index contributed by atoms with van der Waals surface area (Å²) in [5.41, 5.74) is 1.09. The Morgan fingerprint density at radius 3 is 2.70 bits per heavy atom. The first kappa shape index (κ1) is 13.3. The van der Waals surface area contributed by atoms with Gasteiger partial charge < -0.3 is 15.1 Å². The van der Waals surface area contributed by atoms with Crippen molar-refractivity contribution in [1.29, 1.82) is 0 Å². The Labute approximate surface area is 123 Å². The molecular weight excluding hydrogens is 270 g/mol. The van der Waals surface area contributed by atoms with Gasteiger partial charge in [-0.3, -0.25) is 0 Å². The van der Waals surface area contributed by atoms with Crippen LogP contribution in [0.4, 0.5) is 10.9 Å². The third kappa shape index (κ3) is 2.91. The monoisotopic (exact) mass is 289 g/mol. The molecule has 0 radical (unpaired) electrons. The molecule has 0 aromatic carbocycles. The maximum atomic E-state index is 4.71. The predicted molar refractivity (Wildman–Crippen MR) is 83.5 cm³/mol. The fourth-order valence-electron chi connectivity index (χ4n) is 2.42. The number of hydrogen-bond donors (Lipinski definition) is 1. The van der Waals surface area contributed by atoms with Gasteiger partial charge in [-0.15, -0.1) is 11.3 Å². The summed E-state index contributed by atoms with van der Waals surface area (Å²) < 4.78 is 0. The lowest BCUT2D eigenvalue weighted by atomic mass is 10.3. The van der Waals surface area contributed by atoms with Gasteiger partial charge >= 0.3 is 0 Å². The molecular formula is C14H19N5S. The topological polar surface area (TPSA) is 44.3 Å². The van der Waals surface area contributed by atoms with Gasteiger partial charge in [-0.2, -0.15) is 0 Å². The molecule has 1 saturated heterocycles. The minimum atomic E-state index is 0.812. The minimum absolute atomic E-state index is 0.812. The minimum Gasteiger partial charge on any atom is -0.353 e. The van der Waals surface area contributed by atoms with E-state index in [-0.39, 0.29) is 0 Å². The van der Waals surface area contributed by atoms with Crippen molar-refractivity contribution in [2.45, 2.75) is 6.54 Å². The zero-order valence-corrected chi connectivity index (χ0v) is 12.4. The van der Waals surface area contributed by atoms with Gasteiger partial charge in [0.05, 0.1) is 5.69 Å². The van der Waals surface area contributed by atoms with Crippen LogP contribution in [0.25, 0.3) is 0 Å². The number of hydrogen-bond acceptors (Lipinski definition) is 6. The van der Waals surface area contributed by atoms with Gasteiger partial charge in [-0.1, -0.05) is 6.07 Å². The Kier molecular flexibility index (Phi) is 4.13. The summed E-state index contributed by atoms with van der Waals surface area (Å²) in [6.07, 6.45) is 1.87. The molecule has 0 atom stereocenters. The number of nitrogens with one attached hydrogen (secondary N) is 1. The fraction of sp³-hybridized carbons (Fsp3) is 0.429. The maximum Gasteiger partial charge on any atom is 0.185 e. The van der Waals surface area contributed by atoms with Crippen LogP contribution in [0.3, 0.4) is 0 Å². The summed E-state index contributed by atoms with van der Waals surface area (Å²) in [5, 5.41) is 6.30. The smallest absolute Gasteiger partial charge is 0.185 e. The average Bonchev–Trinajstić information content (AvgIpc) is 3.02. The number of anilines is 2. The second-order valence-electron chi connectivity index (χ2n) is 4.81. The van der Waals surface area contributed by atoms with Crippen molar-refractivity contribution in [2.24, 2.45) is 0 Å². The fourth-order valence-corrected chi connectivity index (χ4v) is 3.12. The summed E-state index contributed by atoms with van der Waals surface area (Å²) in [6.45, 7) is 4.81. The van der Waals surface area contributed by atoms with Gasteiger partial charge in [0.2, 0.25) is 0 Å². The van der Waals surface area contributed by atoms with Crippen LogP contribution in [-0.2, 0) is 6.54 Å². The number of pyridine rings is 1. The molecule has 2 aromatic heterocycles. The molecule has 20 heavy (non-hydrogen) atoms. The highest BCUT2D eigenvalue weighted by molar-refractivity contribution is 7.13. The van der Waals surface area contributed by atoms with E-state index in [1.807, 2.05) is 18.6 Å². The van der Waals surface area contributed by atoms with Crippen molar-refractivity contribution in [3.63, 3.8) is 0 Å². The summed E-state index contributed by atoms with van der Waals surface area (Å²) in [5.74, 6) is 1.08. The molecule has 1 aliphatic rings. The molecule has 3 heterocycles. The normalized spacial score (nSPS) is 15.7. The van der Waals surface area contributed by atoms with Gasteiger partial charge in [0.25, 0.3) is 0 Å². The van der Waals surface area contributed by atoms with E-state index in [1.54, 1.807) is 11.3 Å². The van der Waals surface area contributed by atoms with Crippen LogP contribution in [0.5, 0.6) is 0 Å². The highest BCUT2D eigenvalue weighted by Gasteiger charge is 2.19. The van der Waals surface area contributed by atoms with Gasteiger partial charge in [0.15, 0.2) is 5.13 Å². The van der Waals surface area contributed by atoms with Crippen molar-refractivity contribution in [3.05, 3.63) is 35.5 Å². The lowest BCUT2D eigenvalue weighted by Crippen LogP contribution is -2.46. The Morgan fingerprint density at radius 1 is 1.20 bits per heavy atom. The van der Waals surface area contributed by atoms with Crippen LogP contribution < -0.4 is 15.1 Å². The first-order valence-corrected chi connectivity index (χ1v) is 7.75. The highest BCUT2D eigenvalue weighted by Crippen LogP contribution is 2.21.